The lowest BCUT2D eigenvalue weighted by atomic mass is 10.1. The SMILES string of the molecule is CCOC(=O)c1cc(NC(=O)c2ccccc2F)ccc1N1CCOCC1. The molecule has 142 valence electrons. The summed E-state index contributed by atoms with van der Waals surface area (Å²) < 4.78 is 24.3. The zero-order chi connectivity index (χ0) is 19.2. The van der Waals surface area contributed by atoms with Gasteiger partial charge < -0.3 is 19.7 Å². The number of amides is 1. The van der Waals surface area contributed by atoms with E-state index in [1.807, 2.05) is 4.90 Å². The van der Waals surface area contributed by atoms with E-state index in [2.05, 4.69) is 5.32 Å². The van der Waals surface area contributed by atoms with E-state index in [0.29, 0.717) is 37.6 Å². The molecule has 1 aliphatic rings. The number of halogens is 1. The van der Waals surface area contributed by atoms with Gasteiger partial charge in [-0.2, -0.15) is 0 Å². The van der Waals surface area contributed by atoms with Crippen molar-refractivity contribution in [3.05, 3.63) is 59.4 Å². The molecule has 0 aromatic heterocycles. The number of hydrogen-bond donors (Lipinski definition) is 1. The van der Waals surface area contributed by atoms with Gasteiger partial charge in [0.15, 0.2) is 0 Å². The van der Waals surface area contributed by atoms with Crippen molar-refractivity contribution in [2.75, 3.05) is 43.1 Å². The Labute approximate surface area is 156 Å². The standard InChI is InChI=1S/C20H21FN2O4/c1-2-27-20(25)16-13-14(7-8-18(16)23-9-11-26-12-10-23)22-19(24)15-5-3-4-6-17(15)21/h3-8,13H,2,9-12H2,1H3,(H,22,24). The number of esters is 1. The Morgan fingerprint density at radius 1 is 1.15 bits per heavy atom. The largest absolute Gasteiger partial charge is 0.462 e. The summed E-state index contributed by atoms with van der Waals surface area (Å²) >= 11 is 0. The van der Waals surface area contributed by atoms with E-state index in [9.17, 15) is 14.0 Å². The summed E-state index contributed by atoms with van der Waals surface area (Å²) in [5.41, 5.74) is 1.40. The van der Waals surface area contributed by atoms with Crippen LogP contribution in [0.2, 0.25) is 0 Å². The molecule has 3 rings (SSSR count). The third-order valence-corrected chi connectivity index (χ3v) is 4.22. The van der Waals surface area contributed by atoms with Crippen LogP contribution in [0.25, 0.3) is 0 Å². The molecule has 1 amide bonds. The summed E-state index contributed by atoms with van der Waals surface area (Å²) in [6, 6.07) is 10.7. The van der Waals surface area contributed by atoms with Crippen LogP contribution in [0.5, 0.6) is 0 Å². The Kier molecular flexibility index (Phi) is 6.03. The summed E-state index contributed by atoms with van der Waals surface area (Å²) in [5.74, 6) is -1.66. The topological polar surface area (TPSA) is 67.9 Å². The average molecular weight is 372 g/mol. The normalized spacial score (nSPS) is 13.9. The lowest BCUT2D eigenvalue weighted by molar-refractivity contribution is 0.0526. The number of carbonyl (C=O) groups excluding carboxylic acids is 2. The highest BCUT2D eigenvalue weighted by atomic mass is 19.1. The molecule has 2 aromatic rings. The Bertz CT molecular complexity index is 834. The molecule has 27 heavy (non-hydrogen) atoms. The third-order valence-electron chi connectivity index (χ3n) is 4.22. The molecular weight excluding hydrogens is 351 g/mol. The van der Waals surface area contributed by atoms with Crippen LogP contribution < -0.4 is 10.2 Å². The minimum Gasteiger partial charge on any atom is -0.462 e. The number of anilines is 2. The molecule has 0 spiro atoms. The van der Waals surface area contributed by atoms with Crippen LogP contribution in [-0.4, -0.2) is 44.8 Å². The van der Waals surface area contributed by atoms with Crippen LogP contribution in [0.1, 0.15) is 27.6 Å². The van der Waals surface area contributed by atoms with Gasteiger partial charge in [-0.15, -0.1) is 0 Å². The number of rotatable bonds is 5. The molecule has 0 aliphatic carbocycles. The molecule has 0 radical (unpaired) electrons. The Balaban J connectivity index is 1.88. The highest BCUT2D eigenvalue weighted by molar-refractivity contribution is 6.05. The summed E-state index contributed by atoms with van der Waals surface area (Å²) in [4.78, 5) is 26.8. The summed E-state index contributed by atoms with van der Waals surface area (Å²) in [6.07, 6.45) is 0. The lowest BCUT2D eigenvalue weighted by Gasteiger charge is -2.30. The van der Waals surface area contributed by atoms with Crippen molar-refractivity contribution in [2.45, 2.75) is 6.92 Å². The Hall–Kier alpha value is -2.93. The highest BCUT2D eigenvalue weighted by Crippen LogP contribution is 2.26. The van der Waals surface area contributed by atoms with Gasteiger partial charge in [0.2, 0.25) is 0 Å². The van der Waals surface area contributed by atoms with E-state index in [1.54, 1.807) is 31.2 Å². The number of nitrogens with zero attached hydrogens (tertiary/aromatic N) is 1. The predicted octanol–water partition coefficient (Wildman–Crippen LogP) is 3.09. The minimum atomic E-state index is -0.606. The molecular formula is C20H21FN2O4. The van der Waals surface area contributed by atoms with Crippen molar-refractivity contribution in [3.8, 4) is 0 Å². The monoisotopic (exact) mass is 372 g/mol. The fourth-order valence-electron chi connectivity index (χ4n) is 2.91. The minimum absolute atomic E-state index is 0.0626. The second-order valence-electron chi connectivity index (χ2n) is 5.99. The highest BCUT2D eigenvalue weighted by Gasteiger charge is 2.21. The quantitative estimate of drug-likeness (QED) is 0.817. The lowest BCUT2D eigenvalue weighted by Crippen LogP contribution is -2.37. The van der Waals surface area contributed by atoms with Crippen molar-refractivity contribution in [1.82, 2.24) is 0 Å². The van der Waals surface area contributed by atoms with Crippen LogP contribution in [-0.2, 0) is 9.47 Å². The van der Waals surface area contributed by atoms with Gasteiger partial charge in [-0.3, -0.25) is 4.79 Å². The number of morpholine rings is 1. The smallest absolute Gasteiger partial charge is 0.340 e. The van der Waals surface area contributed by atoms with E-state index in [4.69, 9.17) is 9.47 Å². The van der Waals surface area contributed by atoms with E-state index < -0.39 is 17.7 Å². The summed E-state index contributed by atoms with van der Waals surface area (Å²) in [6.45, 7) is 4.45. The van der Waals surface area contributed by atoms with Gasteiger partial charge in [-0.05, 0) is 37.3 Å². The first-order valence-corrected chi connectivity index (χ1v) is 8.80. The van der Waals surface area contributed by atoms with Crippen molar-refractivity contribution < 1.29 is 23.5 Å². The predicted molar refractivity (Wildman–Crippen MR) is 99.8 cm³/mol. The molecule has 0 saturated carbocycles. The van der Waals surface area contributed by atoms with Gasteiger partial charge in [0.05, 0.1) is 36.6 Å². The molecule has 2 aromatic carbocycles. The first-order valence-electron chi connectivity index (χ1n) is 8.80. The van der Waals surface area contributed by atoms with Gasteiger partial charge in [0.25, 0.3) is 5.91 Å². The summed E-state index contributed by atoms with van der Waals surface area (Å²) in [7, 11) is 0. The molecule has 0 unspecified atom stereocenters. The van der Waals surface area contributed by atoms with E-state index in [1.165, 1.54) is 18.2 Å². The van der Waals surface area contributed by atoms with Crippen LogP contribution >= 0.6 is 0 Å². The number of benzene rings is 2. The van der Waals surface area contributed by atoms with Crippen LogP contribution in [0.15, 0.2) is 42.5 Å². The molecule has 6 nitrogen and oxygen atoms in total. The first kappa shape index (κ1) is 18.8. The third kappa shape index (κ3) is 4.43. The molecule has 1 N–H and O–H groups in total. The number of hydrogen-bond acceptors (Lipinski definition) is 5. The maximum atomic E-state index is 13.8. The second-order valence-corrected chi connectivity index (χ2v) is 5.99. The zero-order valence-corrected chi connectivity index (χ0v) is 15.0. The van der Waals surface area contributed by atoms with Crippen LogP contribution in [0, 0.1) is 5.82 Å². The van der Waals surface area contributed by atoms with E-state index >= 15 is 0 Å². The van der Waals surface area contributed by atoms with Crippen LogP contribution in [0.4, 0.5) is 15.8 Å². The number of carbonyl (C=O) groups is 2. The first-order chi connectivity index (χ1) is 13.1. The number of ether oxygens (including phenoxy) is 2. The fourth-order valence-corrected chi connectivity index (χ4v) is 2.91. The fraction of sp³-hybridized carbons (Fsp3) is 0.300. The van der Waals surface area contributed by atoms with Gasteiger partial charge in [-0.25, -0.2) is 9.18 Å². The van der Waals surface area contributed by atoms with Gasteiger partial charge in [0.1, 0.15) is 5.82 Å². The van der Waals surface area contributed by atoms with E-state index in [0.717, 1.165) is 5.69 Å². The van der Waals surface area contributed by atoms with Gasteiger partial charge in [0, 0.05) is 18.8 Å². The molecule has 1 fully saturated rings. The average Bonchev–Trinajstić information content (AvgIpc) is 2.69. The zero-order valence-electron chi connectivity index (χ0n) is 15.0. The summed E-state index contributed by atoms with van der Waals surface area (Å²) in [5, 5.41) is 2.64. The Morgan fingerprint density at radius 2 is 1.89 bits per heavy atom. The van der Waals surface area contributed by atoms with Gasteiger partial charge in [-0.1, -0.05) is 12.1 Å². The van der Waals surface area contributed by atoms with Crippen molar-refractivity contribution in [2.24, 2.45) is 0 Å². The second kappa shape index (κ2) is 8.64. The van der Waals surface area contributed by atoms with Crippen LogP contribution in [0.3, 0.4) is 0 Å². The van der Waals surface area contributed by atoms with Gasteiger partial charge >= 0.3 is 5.97 Å². The molecule has 1 aliphatic heterocycles. The Morgan fingerprint density at radius 3 is 2.59 bits per heavy atom. The molecule has 0 atom stereocenters. The van der Waals surface area contributed by atoms with Crippen molar-refractivity contribution in [3.63, 3.8) is 0 Å². The maximum absolute atomic E-state index is 13.8. The molecule has 0 bridgehead atoms. The maximum Gasteiger partial charge on any atom is 0.340 e. The molecule has 1 saturated heterocycles. The van der Waals surface area contributed by atoms with Crippen molar-refractivity contribution >= 4 is 23.3 Å². The molecule has 1 heterocycles. The number of nitrogens with one attached hydrogen (secondary N) is 1. The van der Waals surface area contributed by atoms with E-state index in [-0.39, 0.29) is 12.2 Å². The molecule has 7 heteroatoms. The van der Waals surface area contributed by atoms with Crippen molar-refractivity contribution in [1.29, 1.82) is 0 Å².